The molecule has 0 saturated carbocycles. The number of hydrogen-bond donors (Lipinski definition) is 0. The van der Waals surface area contributed by atoms with Gasteiger partial charge in [-0.2, -0.15) is 4.99 Å². The van der Waals surface area contributed by atoms with Gasteiger partial charge in [0.15, 0.2) is 26.5 Å². The number of amidine groups is 1. The first kappa shape index (κ1) is 17.6. The number of benzene rings is 2. The van der Waals surface area contributed by atoms with Crippen LogP contribution in [0.15, 0.2) is 53.5 Å². The molecular formula is C19H16N2O5S2. The molecular weight excluding hydrogens is 400 g/mol. The van der Waals surface area contributed by atoms with E-state index in [4.69, 9.17) is 9.47 Å². The van der Waals surface area contributed by atoms with Gasteiger partial charge in [0.05, 0.1) is 17.5 Å². The van der Waals surface area contributed by atoms with Gasteiger partial charge in [-0.05, 0) is 24.3 Å². The largest absolute Gasteiger partial charge is 0.454 e. The third-order valence-electron chi connectivity index (χ3n) is 4.92. The first-order valence-electron chi connectivity index (χ1n) is 8.74. The summed E-state index contributed by atoms with van der Waals surface area (Å²) in [5.41, 5.74) is 1.23. The molecule has 28 heavy (non-hydrogen) atoms. The van der Waals surface area contributed by atoms with Crippen LogP contribution in [0.2, 0.25) is 0 Å². The quantitative estimate of drug-likeness (QED) is 0.743. The molecule has 0 bridgehead atoms. The Kier molecular flexibility index (Phi) is 4.09. The minimum absolute atomic E-state index is 0.0393. The van der Waals surface area contributed by atoms with E-state index in [0.717, 1.165) is 5.69 Å². The fourth-order valence-electron chi connectivity index (χ4n) is 3.63. The minimum atomic E-state index is -3.12. The molecule has 2 aromatic carbocycles. The summed E-state index contributed by atoms with van der Waals surface area (Å²) in [7, 11) is -3.12. The summed E-state index contributed by atoms with van der Waals surface area (Å²) in [4.78, 5) is 18.8. The number of ether oxygens (including phenoxy) is 2. The van der Waals surface area contributed by atoms with Gasteiger partial charge in [0.2, 0.25) is 6.79 Å². The summed E-state index contributed by atoms with van der Waals surface area (Å²) in [6, 6.07) is 14.0. The molecule has 3 heterocycles. The number of thioether (sulfide) groups is 1. The zero-order valence-corrected chi connectivity index (χ0v) is 16.3. The predicted molar refractivity (Wildman–Crippen MR) is 107 cm³/mol. The molecule has 1 amide bonds. The van der Waals surface area contributed by atoms with E-state index in [-0.39, 0.29) is 35.5 Å². The Bertz CT molecular complexity index is 1080. The smallest absolute Gasteiger partial charge is 0.279 e. The normalized spacial score (nSPS) is 25.9. The average molecular weight is 416 g/mol. The maximum absolute atomic E-state index is 12.6. The first-order chi connectivity index (χ1) is 13.5. The zero-order valence-electron chi connectivity index (χ0n) is 14.6. The maximum atomic E-state index is 12.6. The second-order valence-electron chi connectivity index (χ2n) is 6.77. The molecule has 0 spiro atoms. The standard InChI is InChI=1S/C19H16N2O5S2/c22-18(12-4-2-1-3-5-12)20-19-21(14-9-28(23,24)10-17(14)27-19)13-6-7-15-16(8-13)26-11-25-15/h1-8,14,17H,9-11H2/t14-,17-/m1/s1. The van der Waals surface area contributed by atoms with Gasteiger partial charge in [0.25, 0.3) is 5.91 Å². The van der Waals surface area contributed by atoms with Crippen molar-refractivity contribution in [2.45, 2.75) is 11.3 Å². The summed E-state index contributed by atoms with van der Waals surface area (Å²) in [6.07, 6.45) is 0. The number of carbonyl (C=O) groups excluding carboxylic acids is 1. The van der Waals surface area contributed by atoms with Crippen LogP contribution < -0.4 is 14.4 Å². The highest BCUT2D eigenvalue weighted by atomic mass is 32.2. The van der Waals surface area contributed by atoms with E-state index in [0.29, 0.717) is 22.2 Å². The van der Waals surface area contributed by atoms with E-state index in [1.165, 1.54) is 11.8 Å². The van der Waals surface area contributed by atoms with Crippen LogP contribution >= 0.6 is 11.8 Å². The van der Waals surface area contributed by atoms with Crippen molar-refractivity contribution in [1.29, 1.82) is 0 Å². The first-order valence-corrected chi connectivity index (χ1v) is 11.4. The summed E-state index contributed by atoms with van der Waals surface area (Å²) in [6.45, 7) is 0.154. The Morgan fingerprint density at radius 3 is 2.68 bits per heavy atom. The lowest BCUT2D eigenvalue weighted by molar-refractivity contribution is 0.100. The number of hydrogen-bond acceptors (Lipinski definition) is 6. The van der Waals surface area contributed by atoms with Crippen molar-refractivity contribution in [2.24, 2.45) is 4.99 Å². The van der Waals surface area contributed by atoms with Crippen LogP contribution in [0.5, 0.6) is 11.5 Å². The molecule has 2 saturated heterocycles. The van der Waals surface area contributed by atoms with E-state index < -0.39 is 9.84 Å². The molecule has 2 fully saturated rings. The van der Waals surface area contributed by atoms with Crippen LogP contribution in [0, 0.1) is 0 Å². The van der Waals surface area contributed by atoms with Gasteiger partial charge in [0, 0.05) is 22.6 Å². The Balaban J connectivity index is 1.55. The highest BCUT2D eigenvalue weighted by Crippen LogP contribution is 2.44. The molecule has 0 unspecified atom stereocenters. The molecule has 5 rings (SSSR count). The molecule has 0 N–H and O–H groups in total. The Morgan fingerprint density at radius 2 is 1.86 bits per heavy atom. The summed E-state index contributed by atoms with van der Waals surface area (Å²) in [5.74, 6) is 1.02. The van der Waals surface area contributed by atoms with E-state index in [9.17, 15) is 13.2 Å². The van der Waals surface area contributed by atoms with Crippen molar-refractivity contribution >= 4 is 38.4 Å². The second kappa shape index (κ2) is 6.52. The fourth-order valence-corrected chi connectivity index (χ4v) is 7.55. The summed E-state index contributed by atoms with van der Waals surface area (Å²) in [5, 5.41) is 0.357. The molecule has 2 atom stereocenters. The second-order valence-corrected chi connectivity index (χ2v) is 10.1. The van der Waals surface area contributed by atoms with Gasteiger partial charge in [0.1, 0.15) is 0 Å². The number of amides is 1. The summed E-state index contributed by atoms with van der Waals surface area (Å²) < 4.78 is 35.1. The zero-order chi connectivity index (χ0) is 19.3. The lowest BCUT2D eigenvalue weighted by Gasteiger charge is -2.24. The molecule has 7 nitrogen and oxygen atoms in total. The van der Waals surface area contributed by atoms with Gasteiger partial charge >= 0.3 is 0 Å². The Labute approximate surface area is 166 Å². The van der Waals surface area contributed by atoms with Gasteiger partial charge in [-0.25, -0.2) is 8.42 Å². The highest BCUT2D eigenvalue weighted by Gasteiger charge is 2.49. The molecule has 0 aromatic heterocycles. The van der Waals surface area contributed by atoms with E-state index in [1.54, 1.807) is 36.4 Å². The van der Waals surface area contributed by atoms with E-state index in [1.807, 2.05) is 17.0 Å². The fraction of sp³-hybridized carbons (Fsp3) is 0.263. The predicted octanol–water partition coefficient (Wildman–Crippen LogP) is 2.33. The minimum Gasteiger partial charge on any atom is -0.454 e. The van der Waals surface area contributed by atoms with Crippen LogP contribution in [-0.4, -0.2) is 49.1 Å². The van der Waals surface area contributed by atoms with Gasteiger partial charge in [-0.15, -0.1) is 0 Å². The van der Waals surface area contributed by atoms with Crippen LogP contribution in [0.25, 0.3) is 0 Å². The van der Waals surface area contributed by atoms with Crippen molar-refractivity contribution in [3.63, 3.8) is 0 Å². The van der Waals surface area contributed by atoms with Gasteiger partial charge in [-0.1, -0.05) is 30.0 Å². The third-order valence-corrected chi connectivity index (χ3v) is 8.13. The maximum Gasteiger partial charge on any atom is 0.279 e. The van der Waals surface area contributed by atoms with E-state index in [2.05, 4.69) is 4.99 Å². The molecule has 9 heteroatoms. The monoisotopic (exact) mass is 416 g/mol. The Morgan fingerprint density at radius 1 is 1.07 bits per heavy atom. The molecule has 0 radical (unpaired) electrons. The van der Waals surface area contributed by atoms with Crippen LogP contribution in [0.4, 0.5) is 5.69 Å². The van der Waals surface area contributed by atoms with Gasteiger partial charge < -0.3 is 14.4 Å². The highest BCUT2D eigenvalue weighted by molar-refractivity contribution is 8.16. The van der Waals surface area contributed by atoms with Gasteiger partial charge in [-0.3, -0.25) is 4.79 Å². The third kappa shape index (κ3) is 3.04. The lowest BCUT2D eigenvalue weighted by Crippen LogP contribution is -2.37. The molecule has 3 aliphatic heterocycles. The summed E-state index contributed by atoms with van der Waals surface area (Å²) >= 11 is 1.35. The van der Waals surface area contributed by atoms with Crippen LogP contribution in [-0.2, 0) is 9.84 Å². The van der Waals surface area contributed by atoms with Crippen molar-refractivity contribution in [3.8, 4) is 11.5 Å². The average Bonchev–Trinajstić information content (AvgIpc) is 3.33. The molecule has 0 aliphatic carbocycles. The number of anilines is 1. The van der Waals surface area contributed by atoms with Crippen molar-refractivity contribution in [2.75, 3.05) is 23.2 Å². The van der Waals surface area contributed by atoms with Crippen LogP contribution in [0.3, 0.4) is 0 Å². The number of sulfone groups is 1. The number of fused-ring (bicyclic) bond motifs is 2. The van der Waals surface area contributed by atoms with Crippen LogP contribution in [0.1, 0.15) is 10.4 Å². The van der Waals surface area contributed by atoms with Crippen molar-refractivity contribution in [3.05, 3.63) is 54.1 Å². The number of nitrogens with zero attached hydrogens (tertiary/aromatic N) is 2. The number of rotatable bonds is 2. The van der Waals surface area contributed by atoms with E-state index >= 15 is 0 Å². The lowest BCUT2D eigenvalue weighted by atomic mass is 10.2. The number of carbonyl (C=O) groups is 1. The SMILES string of the molecule is O=C(N=C1S[C@@H]2CS(=O)(=O)C[C@H]2N1c1ccc2c(c1)OCO2)c1ccccc1. The number of aliphatic imine (C=N–C) groups is 1. The van der Waals surface area contributed by atoms with Crippen molar-refractivity contribution in [1.82, 2.24) is 0 Å². The molecule has 3 aliphatic rings. The Hall–Kier alpha value is -2.52. The topological polar surface area (TPSA) is 85.3 Å². The van der Waals surface area contributed by atoms with Crippen molar-refractivity contribution < 1.29 is 22.7 Å². The molecule has 2 aromatic rings. The molecule has 144 valence electrons.